The van der Waals surface area contributed by atoms with Gasteiger partial charge in [-0.05, 0) is 16.8 Å². The van der Waals surface area contributed by atoms with Crippen molar-refractivity contribution < 1.29 is 9.85 Å². The Morgan fingerprint density at radius 1 is 1.20 bits per heavy atom. The first kappa shape index (κ1) is 9.52. The van der Waals surface area contributed by atoms with E-state index in [1.165, 1.54) is 13.3 Å². The zero-order chi connectivity index (χ0) is 10.8. The third kappa shape index (κ3) is 1.76. The van der Waals surface area contributed by atoms with Gasteiger partial charge in [0.25, 0.3) is 0 Å². The fourth-order valence-electron chi connectivity index (χ4n) is 1.60. The largest absolute Gasteiger partial charge is 0.624 e. The van der Waals surface area contributed by atoms with Gasteiger partial charge in [0.05, 0.1) is 5.56 Å². The molecular formula is C12H11NO2. The highest BCUT2D eigenvalue weighted by atomic mass is 16.5. The molecule has 0 amide bonds. The van der Waals surface area contributed by atoms with Gasteiger partial charge < -0.3 is 10.3 Å². The molecule has 1 N–H and O–H groups in total. The molecule has 0 aromatic heterocycles. The standard InChI is InChI=1S/C12H11NO2/c1-13(15)8-11-10-5-3-2-4-9(10)6-7-12(11)14/h2-8,14H,1H3. The second kappa shape index (κ2) is 3.61. The van der Waals surface area contributed by atoms with E-state index < -0.39 is 0 Å². The van der Waals surface area contributed by atoms with E-state index in [9.17, 15) is 10.3 Å². The summed E-state index contributed by atoms with van der Waals surface area (Å²) in [5, 5.41) is 22.5. The number of phenolic OH excluding ortho intramolecular Hbond substituents is 1. The van der Waals surface area contributed by atoms with Crippen LogP contribution in [0.3, 0.4) is 0 Å². The van der Waals surface area contributed by atoms with E-state index in [1.54, 1.807) is 6.07 Å². The van der Waals surface area contributed by atoms with E-state index in [0.29, 0.717) is 10.3 Å². The Morgan fingerprint density at radius 3 is 2.67 bits per heavy atom. The number of hydroxylamine groups is 1. The molecule has 3 nitrogen and oxygen atoms in total. The van der Waals surface area contributed by atoms with E-state index in [1.807, 2.05) is 30.3 Å². The Balaban J connectivity index is 2.80. The number of aromatic hydroxyl groups is 1. The zero-order valence-electron chi connectivity index (χ0n) is 8.34. The topological polar surface area (TPSA) is 46.3 Å². The lowest BCUT2D eigenvalue weighted by molar-refractivity contribution is -0.416. The van der Waals surface area contributed by atoms with E-state index in [4.69, 9.17) is 0 Å². The summed E-state index contributed by atoms with van der Waals surface area (Å²) < 4.78 is 0.682. The van der Waals surface area contributed by atoms with E-state index in [2.05, 4.69) is 0 Å². The first-order valence-electron chi connectivity index (χ1n) is 4.64. The van der Waals surface area contributed by atoms with Crippen LogP contribution in [0.4, 0.5) is 0 Å². The summed E-state index contributed by atoms with van der Waals surface area (Å²) in [5.74, 6) is 0.122. The number of hydrogen-bond donors (Lipinski definition) is 1. The maximum Gasteiger partial charge on any atom is 0.185 e. The molecule has 0 spiro atoms. The minimum Gasteiger partial charge on any atom is -0.624 e. The van der Waals surface area contributed by atoms with Crippen LogP contribution in [0.5, 0.6) is 5.75 Å². The summed E-state index contributed by atoms with van der Waals surface area (Å²) in [5.41, 5.74) is 0.561. The van der Waals surface area contributed by atoms with Gasteiger partial charge in [-0.1, -0.05) is 30.3 Å². The van der Waals surface area contributed by atoms with Crippen molar-refractivity contribution in [3.8, 4) is 5.75 Å². The van der Waals surface area contributed by atoms with Crippen LogP contribution >= 0.6 is 0 Å². The molecule has 0 bridgehead atoms. The summed E-state index contributed by atoms with van der Waals surface area (Å²) in [7, 11) is 1.39. The number of phenols is 1. The highest BCUT2D eigenvalue weighted by molar-refractivity contribution is 6.00. The van der Waals surface area contributed by atoms with Gasteiger partial charge in [-0.15, -0.1) is 0 Å². The van der Waals surface area contributed by atoms with Gasteiger partial charge in [0.15, 0.2) is 6.21 Å². The van der Waals surface area contributed by atoms with Gasteiger partial charge in [0.2, 0.25) is 0 Å². The molecule has 0 heterocycles. The molecule has 0 atom stereocenters. The van der Waals surface area contributed by atoms with Crippen LogP contribution in [-0.2, 0) is 0 Å². The Morgan fingerprint density at radius 2 is 1.93 bits per heavy atom. The monoisotopic (exact) mass is 201 g/mol. The second-order valence-corrected chi connectivity index (χ2v) is 3.39. The molecule has 0 aliphatic heterocycles. The van der Waals surface area contributed by atoms with Crippen LogP contribution in [0.25, 0.3) is 10.8 Å². The van der Waals surface area contributed by atoms with Gasteiger partial charge in [-0.3, -0.25) is 0 Å². The summed E-state index contributed by atoms with van der Waals surface area (Å²) in [6, 6.07) is 11.0. The molecular weight excluding hydrogens is 190 g/mol. The molecule has 0 fully saturated rings. The van der Waals surface area contributed by atoms with Crippen LogP contribution in [0.15, 0.2) is 36.4 Å². The third-order valence-corrected chi connectivity index (χ3v) is 2.26. The first-order chi connectivity index (χ1) is 7.18. The summed E-state index contributed by atoms with van der Waals surface area (Å²) >= 11 is 0. The van der Waals surface area contributed by atoms with E-state index in [0.717, 1.165) is 10.8 Å². The van der Waals surface area contributed by atoms with Crippen molar-refractivity contribution in [2.24, 2.45) is 0 Å². The molecule has 0 aliphatic carbocycles. The predicted molar refractivity (Wildman–Crippen MR) is 60.3 cm³/mol. The maximum atomic E-state index is 11.0. The van der Waals surface area contributed by atoms with Crippen LogP contribution in [0.2, 0.25) is 0 Å². The number of nitrogens with zero attached hydrogens (tertiary/aromatic N) is 1. The first-order valence-corrected chi connectivity index (χ1v) is 4.64. The lowest BCUT2D eigenvalue weighted by Crippen LogP contribution is -1.98. The smallest absolute Gasteiger partial charge is 0.185 e. The van der Waals surface area contributed by atoms with Crippen molar-refractivity contribution in [3.63, 3.8) is 0 Å². The molecule has 0 unspecified atom stereocenters. The fourth-order valence-corrected chi connectivity index (χ4v) is 1.60. The maximum absolute atomic E-state index is 11.0. The van der Waals surface area contributed by atoms with Gasteiger partial charge in [-0.2, -0.15) is 0 Å². The van der Waals surface area contributed by atoms with Gasteiger partial charge >= 0.3 is 0 Å². The van der Waals surface area contributed by atoms with Crippen molar-refractivity contribution in [1.29, 1.82) is 0 Å². The minimum atomic E-state index is 0.122. The third-order valence-electron chi connectivity index (χ3n) is 2.26. The highest BCUT2D eigenvalue weighted by Gasteiger charge is 2.06. The molecule has 15 heavy (non-hydrogen) atoms. The number of fused-ring (bicyclic) bond motifs is 1. The van der Waals surface area contributed by atoms with Gasteiger partial charge in [0, 0.05) is 0 Å². The lowest BCUT2D eigenvalue weighted by atomic mass is 10.0. The molecule has 76 valence electrons. The molecule has 0 saturated carbocycles. The van der Waals surface area contributed by atoms with Crippen molar-refractivity contribution >= 4 is 17.0 Å². The summed E-state index contributed by atoms with van der Waals surface area (Å²) in [6.45, 7) is 0. The van der Waals surface area contributed by atoms with Crippen LogP contribution in [0, 0.1) is 5.21 Å². The molecule has 2 aromatic carbocycles. The number of benzene rings is 2. The minimum absolute atomic E-state index is 0.122. The SMILES string of the molecule is C[N+]([O-])=Cc1c(O)ccc2ccccc12. The average molecular weight is 201 g/mol. The molecule has 3 heteroatoms. The van der Waals surface area contributed by atoms with E-state index >= 15 is 0 Å². The Labute approximate surface area is 87.5 Å². The Kier molecular flexibility index (Phi) is 2.29. The molecule has 0 saturated heterocycles. The zero-order valence-corrected chi connectivity index (χ0v) is 8.34. The Hall–Kier alpha value is -2.03. The normalized spacial score (nSPS) is 11.9. The quantitative estimate of drug-likeness (QED) is 0.332. The van der Waals surface area contributed by atoms with Crippen molar-refractivity contribution in [3.05, 3.63) is 47.2 Å². The van der Waals surface area contributed by atoms with Crippen molar-refractivity contribution in [1.82, 2.24) is 0 Å². The second-order valence-electron chi connectivity index (χ2n) is 3.39. The summed E-state index contributed by atoms with van der Waals surface area (Å²) in [4.78, 5) is 0. The molecule has 2 rings (SSSR count). The molecule has 0 aliphatic rings. The van der Waals surface area contributed by atoms with Crippen LogP contribution in [-0.4, -0.2) is 23.1 Å². The average Bonchev–Trinajstić information content (AvgIpc) is 2.22. The fraction of sp³-hybridized carbons (Fsp3) is 0.0833. The predicted octanol–water partition coefficient (Wildman–Crippen LogP) is 2.10. The molecule has 2 aromatic rings. The van der Waals surface area contributed by atoms with Crippen molar-refractivity contribution in [2.45, 2.75) is 0 Å². The highest BCUT2D eigenvalue weighted by Crippen LogP contribution is 2.25. The lowest BCUT2D eigenvalue weighted by Gasteiger charge is -2.04. The number of rotatable bonds is 1. The van der Waals surface area contributed by atoms with E-state index in [-0.39, 0.29) is 5.75 Å². The molecule has 0 radical (unpaired) electrons. The van der Waals surface area contributed by atoms with Gasteiger partial charge in [-0.25, -0.2) is 4.74 Å². The van der Waals surface area contributed by atoms with Crippen LogP contribution in [0.1, 0.15) is 5.56 Å². The van der Waals surface area contributed by atoms with Gasteiger partial charge in [0.1, 0.15) is 12.8 Å². The number of hydrogen-bond acceptors (Lipinski definition) is 2. The Bertz CT molecular complexity index is 528. The van der Waals surface area contributed by atoms with Crippen LogP contribution < -0.4 is 0 Å². The van der Waals surface area contributed by atoms with Crippen molar-refractivity contribution in [2.75, 3.05) is 7.05 Å². The summed E-state index contributed by atoms with van der Waals surface area (Å²) in [6.07, 6.45) is 1.37.